The van der Waals surface area contributed by atoms with Crippen molar-refractivity contribution in [1.82, 2.24) is 4.90 Å². The zero-order valence-corrected chi connectivity index (χ0v) is 8.32. The van der Waals surface area contributed by atoms with Crippen LogP contribution in [0.3, 0.4) is 0 Å². The molecule has 2 atom stereocenters. The Morgan fingerprint density at radius 2 is 2.38 bits per heavy atom. The van der Waals surface area contributed by atoms with Gasteiger partial charge in [0.05, 0.1) is 13.0 Å². The molecule has 0 spiro atoms. The third-order valence-corrected chi connectivity index (χ3v) is 2.81. The largest absolute Gasteiger partial charge is 0.469 e. The topological polar surface area (TPSA) is 55.6 Å². The summed E-state index contributed by atoms with van der Waals surface area (Å²) in [4.78, 5) is 13.5. The van der Waals surface area contributed by atoms with Crippen LogP contribution in [0.5, 0.6) is 0 Å². The molecule has 0 aromatic heterocycles. The smallest absolute Gasteiger partial charge is 0.310 e. The van der Waals surface area contributed by atoms with E-state index in [4.69, 9.17) is 10.5 Å². The molecule has 0 aromatic carbocycles. The molecular formula is C9H18N2O2. The Balaban J connectivity index is 2.49. The number of ether oxygens (including phenoxy) is 1. The summed E-state index contributed by atoms with van der Waals surface area (Å²) in [6, 6.07) is 0.274. The molecule has 0 aromatic rings. The number of likely N-dealkylation sites (tertiary alicyclic amines) is 1. The first-order valence-corrected chi connectivity index (χ1v) is 4.72. The molecule has 0 saturated carbocycles. The molecule has 1 aliphatic rings. The molecule has 1 fully saturated rings. The maximum atomic E-state index is 11.3. The highest BCUT2D eigenvalue weighted by Crippen LogP contribution is 2.24. The summed E-state index contributed by atoms with van der Waals surface area (Å²) in [7, 11) is 1.45. The summed E-state index contributed by atoms with van der Waals surface area (Å²) in [6.07, 6.45) is 0.897. The Morgan fingerprint density at radius 1 is 1.69 bits per heavy atom. The van der Waals surface area contributed by atoms with Gasteiger partial charge in [0, 0.05) is 19.1 Å². The maximum Gasteiger partial charge on any atom is 0.310 e. The average molecular weight is 186 g/mol. The van der Waals surface area contributed by atoms with E-state index in [1.165, 1.54) is 7.11 Å². The second kappa shape index (κ2) is 4.58. The third-order valence-electron chi connectivity index (χ3n) is 2.81. The first-order chi connectivity index (χ1) is 6.20. The fourth-order valence-corrected chi connectivity index (χ4v) is 1.95. The van der Waals surface area contributed by atoms with Crippen LogP contribution < -0.4 is 5.73 Å². The van der Waals surface area contributed by atoms with Crippen LogP contribution in [0.1, 0.15) is 13.3 Å². The normalized spacial score (nSPS) is 29.2. The highest BCUT2D eigenvalue weighted by atomic mass is 16.5. The van der Waals surface area contributed by atoms with Crippen molar-refractivity contribution >= 4 is 5.97 Å². The van der Waals surface area contributed by atoms with E-state index in [0.29, 0.717) is 6.54 Å². The van der Waals surface area contributed by atoms with Crippen LogP contribution in [-0.4, -0.2) is 43.7 Å². The standard InChI is InChI=1S/C9H18N2O2/c1-7-8(9(12)13-2)3-5-11(7)6-4-10/h7-8H,3-6,10H2,1-2H3. The van der Waals surface area contributed by atoms with Crippen LogP contribution in [0.15, 0.2) is 0 Å². The number of carbonyl (C=O) groups is 1. The van der Waals surface area contributed by atoms with E-state index in [-0.39, 0.29) is 17.9 Å². The van der Waals surface area contributed by atoms with Gasteiger partial charge in [0.1, 0.15) is 0 Å². The summed E-state index contributed by atoms with van der Waals surface area (Å²) in [5, 5.41) is 0. The van der Waals surface area contributed by atoms with Gasteiger partial charge in [-0.2, -0.15) is 0 Å². The molecular weight excluding hydrogens is 168 g/mol. The van der Waals surface area contributed by atoms with Gasteiger partial charge in [-0.05, 0) is 19.9 Å². The highest BCUT2D eigenvalue weighted by molar-refractivity contribution is 5.73. The average Bonchev–Trinajstić information content (AvgIpc) is 2.48. The number of methoxy groups -OCH3 is 1. The van der Waals surface area contributed by atoms with E-state index >= 15 is 0 Å². The number of hydrogen-bond acceptors (Lipinski definition) is 4. The van der Waals surface area contributed by atoms with Gasteiger partial charge in [-0.1, -0.05) is 0 Å². The van der Waals surface area contributed by atoms with Crippen LogP contribution in [0, 0.1) is 5.92 Å². The van der Waals surface area contributed by atoms with E-state index in [1.807, 2.05) is 0 Å². The molecule has 0 amide bonds. The van der Waals surface area contributed by atoms with Crippen molar-refractivity contribution in [3.05, 3.63) is 0 Å². The lowest BCUT2D eigenvalue weighted by Crippen LogP contribution is -2.36. The number of nitrogens with two attached hydrogens (primary N) is 1. The third kappa shape index (κ3) is 2.19. The minimum atomic E-state index is -0.0907. The van der Waals surface area contributed by atoms with Gasteiger partial charge in [0.2, 0.25) is 0 Å². The van der Waals surface area contributed by atoms with Gasteiger partial charge in [-0.25, -0.2) is 0 Å². The Bertz CT molecular complexity index is 184. The number of hydrogen-bond donors (Lipinski definition) is 1. The summed E-state index contributed by atoms with van der Waals surface area (Å²) in [5.41, 5.74) is 5.47. The quantitative estimate of drug-likeness (QED) is 0.622. The monoisotopic (exact) mass is 186 g/mol. The van der Waals surface area contributed by atoms with Crippen molar-refractivity contribution in [2.75, 3.05) is 26.7 Å². The lowest BCUT2D eigenvalue weighted by atomic mass is 10.0. The number of rotatable bonds is 3. The number of esters is 1. The minimum absolute atomic E-state index is 0.0385. The SMILES string of the molecule is COC(=O)C1CCN(CCN)C1C. The number of carbonyl (C=O) groups excluding carboxylic acids is 1. The molecule has 0 aliphatic carbocycles. The fourth-order valence-electron chi connectivity index (χ4n) is 1.95. The molecule has 1 aliphatic heterocycles. The summed E-state index contributed by atoms with van der Waals surface area (Å²) >= 11 is 0. The molecule has 0 radical (unpaired) electrons. The van der Waals surface area contributed by atoms with Crippen molar-refractivity contribution in [2.24, 2.45) is 11.7 Å². The van der Waals surface area contributed by atoms with Crippen molar-refractivity contribution in [3.63, 3.8) is 0 Å². The summed E-state index contributed by atoms with van der Waals surface area (Å²) in [6.45, 7) is 4.54. The molecule has 2 unspecified atom stereocenters. The maximum absolute atomic E-state index is 11.3. The predicted molar refractivity (Wildman–Crippen MR) is 50.2 cm³/mol. The summed E-state index contributed by atoms with van der Waals surface area (Å²) in [5.74, 6) is -0.0522. The second-order valence-corrected chi connectivity index (χ2v) is 3.48. The molecule has 1 heterocycles. The minimum Gasteiger partial charge on any atom is -0.469 e. The van der Waals surface area contributed by atoms with Gasteiger partial charge < -0.3 is 10.5 Å². The Hall–Kier alpha value is -0.610. The van der Waals surface area contributed by atoms with Crippen molar-refractivity contribution < 1.29 is 9.53 Å². The zero-order chi connectivity index (χ0) is 9.84. The first-order valence-electron chi connectivity index (χ1n) is 4.72. The van der Waals surface area contributed by atoms with Gasteiger partial charge in [0.15, 0.2) is 0 Å². The van der Waals surface area contributed by atoms with Crippen LogP contribution in [0.4, 0.5) is 0 Å². The van der Waals surface area contributed by atoms with E-state index in [2.05, 4.69) is 11.8 Å². The van der Waals surface area contributed by atoms with Crippen LogP contribution >= 0.6 is 0 Å². The molecule has 2 N–H and O–H groups in total. The highest BCUT2D eigenvalue weighted by Gasteiger charge is 2.35. The van der Waals surface area contributed by atoms with Gasteiger partial charge in [-0.15, -0.1) is 0 Å². The molecule has 0 bridgehead atoms. The van der Waals surface area contributed by atoms with Crippen LogP contribution in [0.2, 0.25) is 0 Å². The lowest BCUT2D eigenvalue weighted by molar-refractivity contribution is -0.146. The van der Waals surface area contributed by atoms with Crippen LogP contribution in [0.25, 0.3) is 0 Å². The van der Waals surface area contributed by atoms with Crippen molar-refractivity contribution in [2.45, 2.75) is 19.4 Å². The van der Waals surface area contributed by atoms with Gasteiger partial charge in [-0.3, -0.25) is 9.69 Å². The zero-order valence-electron chi connectivity index (χ0n) is 8.32. The molecule has 4 heteroatoms. The summed E-state index contributed by atoms with van der Waals surface area (Å²) < 4.78 is 4.73. The fraction of sp³-hybridized carbons (Fsp3) is 0.889. The molecule has 76 valence electrons. The van der Waals surface area contributed by atoms with Gasteiger partial charge in [0.25, 0.3) is 0 Å². The van der Waals surface area contributed by atoms with Gasteiger partial charge >= 0.3 is 5.97 Å². The molecule has 13 heavy (non-hydrogen) atoms. The van der Waals surface area contributed by atoms with E-state index in [0.717, 1.165) is 19.5 Å². The molecule has 1 saturated heterocycles. The van der Waals surface area contributed by atoms with Crippen molar-refractivity contribution in [1.29, 1.82) is 0 Å². The molecule has 1 rings (SSSR count). The van der Waals surface area contributed by atoms with E-state index < -0.39 is 0 Å². The predicted octanol–water partition coefficient (Wildman–Crippen LogP) is -0.171. The van der Waals surface area contributed by atoms with Crippen molar-refractivity contribution in [3.8, 4) is 0 Å². The van der Waals surface area contributed by atoms with E-state index in [1.54, 1.807) is 0 Å². The first kappa shape index (κ1) is 10.5. The van der Waals surface area contributed by atoms with Crippen LogP contribution in [-0.2, 0) is 9.53 Å². The Labute approximate surface area is 79.0 Å². The Kier molecular flexibility index (Phi) is 3.69. The Morgan fingerprint density at radius 3 is 2.92 bits per heavy atom. The molecule has 4 nitrogen and oxygen atoms in total. The number of nitrogens with zero attached hydrogens (tertiary/aromatic N) is 1. The van der Waals surface area contributed by atoms with E-state index in [9.17, 15) is 4.79 Å². The second-order valence-electron chi connectivity index (χ2n) is 3.48. The lowest BCUT2D eigenvalue weighted by Gasteiger charge is -2.22.